The summed E-state index contributed by atoms with van der Waals surface area (Å²) in [6.45, 7) is 8.33. The number of nitrogens with one attached hydrogen (secondary N) is 2. The summed E-state index contributed by atoms with van der Waals surface area (Å²) in [7, 11) is 0. The molecule has 10 nitrogen and oxygen atoms in total. The number of pyridine rings is 1. The van der Waals surface area contributed by atoms with Crippen molar-refractivity contribution in [1.29, 1.82) is 0 Å². The normalized spacial score (nSPS) is 14.4. The van der Waals surface area contributed by atoms with Crippen molar-refractivity contribution in [3.63, 3.8) is 0 Å². The van der Waals surface area contributed by atoms with Gasteiger partial charge in [0.15, 0.2) is 5.65 Å². The van der Waals surface area contributed by atoms with Crippen LogP contribution in [0.25, 0.3) is 16.9 Å². The smallest absolute Gasteiger partial charge is 0.410 e. The number of amides is 1. The first kappa shape index (κ1) is 26.9. The average Bonchev–Trinajstić information content (AvgIpc) is 3.31. The molecule has 1 aromatic carbocycles. The third kappa shape index (κ3) is 6.83. The number of aromatic nitrogens is 5. The van der Waals surface area contributed by atoms with Crippen LogP contribution in [-0.2, 0) is 11.3 Å². The zero-order valence-corrected chi connectivity index (χ0v) is 24.0. The summed E-state index contributed by atoms with van der Waals surface area (Å²) in [6.07, 6.45) is 5.06. The second kappa shape index (κ2) is 11.6. The monoisotopic (exact) mass is 592 g/mol. The number of rotatable bonds is 7. The van der Waals surface area contributed by atoms with Crippen molar-refractivity contribution < 1.29 is 9.53 Å². The van der Waals surface area contributed by atoms with Gasteiger partial charge in [0.25, 0.3) is 0 Å². The van der Waals surface area contributed by atoms with Crippen LogP contribution in [0.4, 0.5) is 16.7 Å². The maximum Gasteiger partial charge on any atom is 0.410 e. The molecule has 1 saturated heterocycles. The Kier molecular flexibility index (Phi) is 7.97. The van der Waals surface area contributed by atoms with Crippen molar-refractivity contribution in [2.24, 2.45) is 5.92 Å². The molecule has 0 bridgehead atoms. The fourth-order valence-electron chi connectivity index (χ4n) is 4.43. The van der Waals surface area contributed by atoms with Crippen molar-refractivity contribution in [1.82, 2.24) is 29.5 Å². The molecular weight excluding hydrogens is 560 g/mol. The summed E-state index contributed by atoms with van der Waals surface area (Å²) in [5, 5.41) is 11.2. The first-order valence-electron chi connectivity index (χ1n) is 13.1. The largest absolute Gasteiger partial charge is 0.444 e. The highest BCUT2D eigenvalue weighted by molar-refractivity contribution is 9.10. The quantitative estimate of drug-likeness (QED) is 0.284. The van der Waals surface area contributed by atoms with Crippen LogP contribution in [0.15, 0.2) is 59.3 Å². The van der Waals surface area contributed by atoms with Gasteiger partial charge in [0.2, 0.25) is 11.9 Å². The lowest BCUT2D eigenvalue weighted by Crippen LogP contribution is -2.42. The molecule has 11 heteroatoms. The van der Waals surface area contributed by atoms with Crippen LogP contribution in [0.3, 0.4) is 0 Å². The van der Waals surface area contributed by atoms with Crippen LogP contribution < -0.4 is 10.6 Å². The number of likely N-dealkylation sites (tertiary alicyclic amines) is 1. The predicted octanol–water partition coefficient (Wildman–Crippen LogP) is 5.62. The van der Waals surface area contributed by atoms with E-state index in [0.717, 1.165) is 40.7 Å². The van der Waals surface area contributed by atoms with Gasteiger partial charge in [0, 0.05) is 37.9 Å². The number of nitrogens with zero attached hydrogens (tertiary/aromatic N) is 6. The van der Waals surface area contributed by atoms with Crippen LogP contribution in [0.5, 0.6) is 0 Å². The van der Waals surface area contributed by atoms with Crippen LogP contribution >= 0.6 is 15.9 Å². The molecule has 0 saturated carbocycles. The molecule has 1 fully saturated rings. The number of hydrogen-bond acceptors (Lipinski definition) is 8. The van der Waals surface area contributed by atoms with E-state index in [1.807, 2.05) is 39.0 Å². The van der Waals surface area contributed by atoms with Gasteiger partial charge in [-0.3, -0.25) is 4.98 Å². The highest BCUT2D eigenvalue weighted by Crippen LogP contribution is 2.23. The summed E-state index contributed by atoms with van der Waals surface area (Å²) in [5.74, 6) is 1.54. The Bertz CT molecular complexity index is 1410. The van der Waals surface area contributed by atoms with E-state index in [-0.39, 0.29) is 6.09 Å². The van der Waals surface area contributed by atoms with Gasteiger partial charge in [0.05, 0.1) is 16.4 Å². The standard InChI is InChI=1S/C28H33BrN8O2/c1-28(2,3)39-27(38)36-14-11-20(12-15-36)16-31-25-34-24-22(29)18-33-37(24)26(35-25)32-17-19-7-9-21(10-8-19)23-6-4-5-13-30-23/h4-10,13,18,20H,11-12,14-17H2,1-3H3,(H2,31,32,34,35). The Balaban J connectivity index is 1.20. The third-order valence-electron chi connectivity index (χ3n) is 6.51. The van der Waals surface area contributed by atoms with E-state index in [1.54, 1.807) is 21.8 Å². The molecule has 5 rings (SSSR count). The Hall–Kier alpha value is -3.73. The van der Waals surface area contributed by atoms with Crippen molar-refractivity contribution in [3.05, 3.63) is 64.9 Å². The van der Waals surface area contributed by atoms with E-state index in [1.165, 1.54) is 0 Å². The van der Waals surface area contributed by atoms with Crippen molar-refractivity contribution in [2.45, 2.75) is 45.8 Å². The second-order valence-corrected chi connectivity index (χ2v) is 11.5. The molecule has 0 spiro atoms. The number of carbonyl (C=O) groups excluding carboxylic acids is 1. The SMILES string of the molecule is CC(C)(C)OC(=O)N1CCC(CNc2nc(NCc3ccc(-c4ccccn4)cc3)n3ncc(Br)c3n2)CC1. The van der Waals surface area contributed by atoms with Crippen molar-refractivity contribution in [2.75, 3.05) is 30.3 Å². The van der Waals surface area contributed by atoms with Gasteiger partial charge in [-0.15, -0.1) is 0 Å². The second-order valence-electron chi connectivity index (χ2n) is 10.7. The molecule has 1 aliphatic rings. The van der Waals surface area contributed by atoms with E-state index in [2.05, 4.69) is 65.9 Å². The van der Waals surface area contributed by atoms with Crippen LogP contribution in [0, 0.1) is 5.92 Å². The lowest BCUT2D eigenvalue weighted by molar-refractivity contribution is 0.0188. The molecule has 0 atom stereocenters. The van der Waals surface area contributed by atoms with Gasteiger partial charge in [0.1, 0.15) is 5.60 Å². The van der Waals surface area contributed by atoms with Gasteiger partial charge in [-0.2, -0.15) is 19.6 Å². The molecule has 4 aromatic rings. The van der Waals surface area contributed by atoms with E-state index in [0.29, 0.717) is 43.1 Å². The van der Waals surface area contributed by atoms with Crippen LogP contribution in [-0.4, -0.2) is 60.8 Å². The minimum atomic E-state index is -0.484. The number of fused-ring (bicyclic) bond motifs is 1. The Morgan fingerprint density at radius 1 is 1.08 bits per heavy atom. The fraction of sp³-hybridized carbons (Fsp3) is 0.393. The van der Waals surface area contributed by atoms with Gasteiger partial charge in [-0.25, -0.2) is 4.79 Å². The number of carbonyl (C=O) groups is 1. The molecule has 2 N–H and O–H groups in total. The van der Waals surface area contributed by atoms with E-state index in [9.17, 15) is 4.79 Å². The Morgan fingerprint density at radius 2 is 1.85 bits per heavy atom. The number of hydrogen-bond donors (Lipinski definition) is 2. The Morgan fingerprint density at radius 3 is 2.54 bits per heavy atom. The molecule has 4 heterocycles. The number of piperidine rings is 1. The van der Waals surface area contributed by atoms with E-state index in [4.69, 9.17) is 9.72 Å². The van der Waals surface area contributed by atoms with Crippen LogP contribution in [0.2, 0.25) is 0 Å². The van der Waals surface area contributed by atoms with Crippen LogP contribution in [0.1, 0.15) is 39.2 Å². The maximum atomic E-state index is 12.4. The average molecular weight is 594 g/mol. The fourth-order valence-corrected chi connectivity index (χ4v) is 4.78. The van der Waals surface area contributed by atoms with E-state index < -0.39 is 5.60 Å². The minimum absolute atomic E-state index is 0.240. The summed E-state index contributed by atoms with van der Waals surface area (Å²) >= 11 is 3.55. The topological polar surface area (TPSA) is 110 Å². The molecule has 1 amide bonds. The van der Waals surface area contributed by atoms with Crippen molar-refractivity contribution >= 4 is 39.6 Å². The molecule has 39 heavy (non-hydrogen) atoms. The highest BCUT2D eigenvalue weighted by atomic mass is 79.9. The molecule has 0 radical (unpaired) electrons. The number of ether oxygens (including phenoxy) is 1. The van der Waals surface area contributed by atoms with Gasteiger partial charge in [-0.1, -0.05) is 30.3 Å². The van der Waals surface area contributed by atoms with E-state index >= 15 is 0 Å². The highest BCUT2D eigenvalue weighted by Gasteiger charge is 2.27. The molecule has 3 aromatic heterocycles. The maximum absolute atomic E-state index is 12.4. The molecule has 0 unspecified atom stereocenters. The molecule has 1 aliphatic heterocycles. The zero-order valence-electron chi connectivity index (χ0n) is 22.4. The van der Waals surface area contributed by atoms with Crippen molar-refractivity contribution in [3.8, 4) is 11.3 Å². The van der Waals surface area contributed by atoms with Gasteiger partial charge < -0.3 is 20.3 Å². The number of anilines is 2. The van der Waals surface area contributed by atoms with Gasteiger partial charge >= 0.3 is 6.09 Å². The predicted molar refractivity (Wildman–Crippen MR) is 155 cm³/mol. The first-order valence-corrected chi connectivity index (χ1v) is 13.9. The lowest BCUT2D eigenvalue weighted by atomic mass is 9.97. The van der Waals surface area contributed by atoms with Gasteiger partial charge in [-0.05, 0) is 73.2 Å². The summed E-state index contributed by atoms with van der Waals surface area (Å²) in [4.78, 5) is 27.9. The third-order valence-corrected chi connectivity index (χ3v) is 7.06. The first-order chi connectivity index (χ1) is 18.7. The minimum Gasteiger partial charge on any atom is -0.444 e. The summed E-state index contributed by atoms with van der Waals surface area (Å²) in [5.41, 5.74) is 3.33. The number of benzene rings is 1. The Labute approximate surface area is 236 Å². The molecule has 204 valence electrons. The lowest BCUT2D eigenvalue weighted by Gasteiger charge is -2.33. The molecular formula is C28H33BrN8O2. The number of halogens is 1. The summed E-state index contributed by atoms with van der Waals surface area (Å²) in [6, 6.07) is 14.2. The molecule has 0 aliphatic carbocycles. The zero-order chi connectivity index (χ0) is 27.4. The summed E-state index contributed by atoms with van der Waals surface area (Å²) < 4.78 is 7.99.